The zero-order valence-corrected chi connectivity index (χ0v) is 12.0. The molecule has 0 bridgehead atoms. The van der Waals surface area contributed by atoms with E-state index in [1.807, 2.05) is 0 Å². The van der Waals surface area contributed by atoms with Gasteiger partial charge in [0, 0.05) is 4.90 Å². The van der Waals surface area contributed by atoms with Gasteiger partial charge in [0.15, 0.2) is 0 Å². The van der Waals surface area contributed by atoms with Gasteiger partial charge in [0.05, 0.1) is 16.3 Å². The summed E-state index contributed by atoms with van der Waals surface area (Å²) in [6.45, 7) is 0. The molecule has 110 valence electrons. The maximum absolute atomic E-state index is 12.5. The Morgan fingerprint density at radius 3 is 2.33 bits per heavy atom. The molecule has 0 unspecified atom stereocenters. The molecule has 0 aromatic heterocycles. The van der Waals surface area contributed by atoms with Crippen molar-refractivity contribution in [3.8, 4) is 0 Å². The highest BCUT2D eigenvalue weighted by molar-refractivity contribution is 8.00. The van der Waals surface area contributed by atoms with E-state index in [0.717, 1.165) is 0 Å². The van der Waals surface area contributed by atoms with E-state index < -0.39 is 11.4 Å². The third-order valence-corrected chi connectivity index (χ3v) is 3.62. The number of halogens is 4. The van der Waals surface area contributed by atoms with Gasteiger partial charge in [-0.05, 0) is 36.0 Å². The van der Waals surface area contributed by atoms with E-state index in [1.54, 1.807) is 18.2 Å². The van der Waals surface area contributed by atoms with Crippen LogP contribution in [0, 0.1) is 0 Å². The molecule has 0 aliphatic rings. The lowest BCUT2D eigenvalue weighted by atomic mass is 10.2. The van der Waals surface area contributed by atoms with E-state index in [0.29, 0.717) is 0 Å². The minimum Gasteiger partial charge on any atom is -0.321 e. The lowest BCUT2D eigenvalue weighted by Crippen LogP contribution is -2.13. The molecular weight excluding hydrogens is 323 g/mol. The van der Waals surface area contributed by atoms with Crippen molar-refractivity contribution < 1.29 is 18.0 Å². The van der Waals surface area contributed by atoms with Crippen LogP contribution in [0.4, 0.5) is 18.9 Å². The van der Waals surface area contributed by atoms with Crippen LogP contribution in [0.2, 0.25) is 5.02 Å². The van der Waals surface area contributed by atoms with Crippen molar-refractivity contribution in [3.05, 3.63) is 59.1 Å². The Morgan fingerprint density at radius 2 is 1.67 bits per heavy atom. The minimum atomic E-state index is -4.43. The van der Waals surface area contributed by atoms with Crippen LogP contribution in [0.25, 0.3) is 0 Å². The molecule has 2 aromatic carbocycles. The van der Waals surface area contributed by atoms with E-state index in [1.165, 1.54) is 30.3 Å². The molecule has 0 radical (unpaired) electrons. The number of alkyl halides is 3. The Kier molecular flexibility index (Phi) is 4.80. The van der Waals surface area contributed by atoms with Crippen LogP contribution in [0.1, 0.15) is 10.4 Å². The van der Waals surface area contributed by atoms with Crippen LogP contribution in [-0.2, 0) is 0 Å². The number of hydrogen-bond donors (Lipinski definition) is 1. The summed E-state index contributed by atoms with van der Waals surface area (Å²) in [4.78, 5) is 12.0. The number of para-hydroxylation sites is 1. The van der Waals surface area contributed by atoms with Crippen molar-refractivity contribution in [2.45, 2.75) is 10.4 Å². The highest BCUT2D eigenvalue weighted by atomic mass is 35.5. The van der Waals surface area contributed by atoms with Crippen molar-refractivity contribution in [1.82, 2.24) is 0 Å². The number of thioether (sulfide) groups is 1. The zero-order chi connectivity index (χ0) is 15.5. The summed E-state index contributed by atoms with van der Waals surface area (Å²) in [5, 5.41) is 2.68. The van der Waals surface area contributed by atoms with Crippen molar-refractivity contribution in [2.24, 2.45) is 0 Å². The molecular formula is C14H9ClF3NOS. The molecule has 0 aliphatic heterocycles. The maximum atomic E-state index is 12.5. The number of anilines is 1. The monoisotopic (exact) mass is 331 g/mol. The smallest absolute Gasteiger partial charge is 0.321 e. The molecule has 21 heavy (non-hydrogen) atoms. The summed E-state index contributed by atoms with van der Waals surface area (Å²) in [6, 6.07) is 12.0. The predicted molar refractivity (Wildman–Crippen MR) is 77.8 cm³/mol. The van der Waals surface area contributed by atoms with Gasteiger partial charge in [-0.2, -0.15) is 13.2 Å². The SMILES string of the molecule is O=C(Nc1ccccc1SC(F)(F)F)c1ccccc1Cl. The fourth-order valence-corrected chi connectivity index (χ4v) is 2.47. The largest absolute Gasteiger partial charge is 0.446 e. The van der Waals surface area contributed by atoms with Crippen LogP contribution < -0.4 is 5.32 Å². The first kappa shape index (κ1) is 15.7. The van der Waals surface area contributed by atoms with Crippen LogP contribution in [0.15, 0.2) is 53.4 Å². The average Bonchev–Trinajstić information content (AvgIpc) is 2.40. The van der Waals surface area contributed by atoms with Crippen molar-refractivity contribution in [1.29, 1.82) is 0 Å². The van der Waals surface area contributed by atoms with Crippen molar-refractivity contribution >= 4 is 35.0 Å². The van der Waals surface area contributed by atoms with Crippen LogP contribution in [0.5, 0.6) is 0 Å². The molecule has 2 rings (SSSR count). The van der Waals surface area contributed by atoms with Gasteiger partial charge in [0.1, 0.15) is 0 Å². The summed E-state index contributed by atoms with van der Waals surface area (Å²) in [5.41, 5.74) is -4.14. The fourth-order valence-electron chi connectivity index (χ4n) is 1.62. The molecule has 0 spiro atoms. The molecule has 0 saturated carbocycles. The number of carbonyl (C=O) groups is 1. The van der Waals surface area contributed by atoms with E-state index in [9.17, 15) is 18.0 Å². The molecule has 0 atom stereocenters. The topological polar surface area (TPSA) is 29.1 Å². The lowest BCUT2D eigenvalue weighted by Gasteiger charge is -2.12. The molecule has 2 aromatic rings. The van der Waals surface area contributed by atoms with Gasteiger partial charge in [-0.15, -0.1) is 0 Å². The molecule has 0 heterocycles. The number of carbonyl (C=O) groups excluding carboxylic acids is 1. The number of nitrogens with one attached hydrogen (secondary N) is 1. The van der Waals surface area contributed by atoms with Crippen molar-refractivity contribution in [2.75, 3.05) is 5.32 Å². The number of amides is 1. The van der Waals surface area contributed by atoms with Gasteiger partial charge >= 0.3 is 5.51 Å². The van der Waals surface area contributed by atoms with Gasteiger partial charge in [-0.25, -0.2) is 0 Å². The van der Waals surface area contributed by atoms with Gasteiger partial charge in [0.25, 0.3) is 5.91 Å². The molecule has 0 aliphatic carbocycles. The number of benzene rings is 2. The second kappa shape index (κ2) is 6.41. The number of rotatable bonds is 3. The standard InChI is InChI=1S/C14H9ClF3NOS/c15-10-6-2-1-5-9(10)13(20)19-11-7-3-4-8-12(11)21-14(16,17)18/h1-8H,(H,19,20). The van der Waals surface area contributed by atoms with E-state index in [-0.39, 0.29) is 32.9 Å². The first-order valence-corrected chi connectivity index (χ1v) is 6.97. The molecule has 2 nitrogen and oxygen atoms in total. The fraction of sp³-hybridized carbons (Fsp3) is 0.0714. The summed E-state index contributed by atoms with van der Waals surface area (Å²) >= 11 is 5.61. The van der Waals surface area contributed by atoms with Gasteiger partial charge in [-0.1, -0.05) is 35.9 Å². The second-order valence-electron chi connectivity index (χ2n) is 3.98. The van der Waals surface area contributed by atoms with Gasteiger partial charge < -0.3 is 5.32 Å². The quantitative estimate of drug-likeness (QED) is 0.783. The van der Waals surface area contributed by atoms with E-state index >= 15 is 0 Å². The van der Waals surface area contributed by atoms with Gasteiger partial charge in [-0.3, -0.25) is 4.79 Å². The molecule has 1 N–H and O–H groups in total. The zero-order valence-electron chi connectivity index (χ0n) is 10.4. The van der Waals surface area contributed by atoms with Gasteiger partial charge in [0.2, 0.25) is 0 Å². The summed E-state index contributed by atoms with van der Waals surface area (Å²) in [6.07, 6.45) is 0. The third kappa shape index (κ3) is 4.41. The Hall–Kier alpha value is -1.66. The second-order valence-corrected chi connectivity index (χ2v) is 5.49. The lowest BCUT2D eigenvalue weighted by molar-refractivity contribution is -0.0328. The van der Waals surface area contributed by atoms with Crippen LogP contribution in [-0.4, -0.2) is 11.4 Å². The summed E-state index contributed by atoms with van der Waals surface area (Å²) in [5.74, 6) is -0.559. The Labute approximate surface area is 128 Å². The van der Waals surface area contributed by atoms with E-state index in [4.69, 9.17) is 11.6 Å². The average molecular weight is 332 g/mol. The Morgan fingerprint density at radius 1 is 1.05 bits per heavy atom. The first-order chi connectivity index (χ1) is 9.87. The normalized spacial score (nSPS) is 11.2. The minimum absolute atomic E-state index is 0.0783. The van der Waals surface area contributed by atoms with Crippen LogP contribution >= 0.6 is 23.4 Å². The Balaban J connectivity index is 2.24. The molecule has 0 fully saturated rings. The molecule has 0 saturated heterocycles. The van der Waals surface area contributed by atoms with Crippen molar-refractivity contribution in [3.63, 3.8) is 0 Å². The molecule has 7 heteroatoms. The van der Waals surface area contributed by atoms with E-state index in [2.05, 4.69) is 5.32 Å². The number of hydrogen-bond acceptors (Lipinski definition) is 2. The highest BCUT2D eigenvalue weighted by Crippen LogP contribution is 2.40. The highest BCUT2D eigenvalue weighted by Gasteiger charge is 2.30. The first-order valence-electron chi connectivity index (χ1n) is 5.77. The predicted octanol–water partition coefficient (Wildman–Crippen LogP) is 5.20. The van der Waals surface area contributed by atoms with Crippen LogP contribution in [0.3, 0.4) is 0 Å². The maximum Gasteiger partial charge on any atom is 0.446 e. The third-order valence-electron chi connectivity index (χ3n) is 2.48. The summed E-state index contributed by atoms with van der Waals surface area (Å²) in [7, 11) is 0. The summed E-state index contributed by atoms with van der Waals surface area (Å²) < 4.78 is 37.4. The Bertz CT molecular complexity index is 661. The molecule has 1 amide bonds.